The zero-order valence-electron chi connectivity index (χ0n) is 8.29. The van der Waals surface area contributed by atoms with Crippen molar-refractivity contribution in [1.29, 1.82) is 0 Å². The molecule has 0 aromatic heterocycles. The summed E-state index contributed by atoms with van der Waals surface area (Å²) in [5, 5.41) is 0. The second-order valence-electron chi connectivity index (χ2n) is 4.61. The molecule has 2 bridgehead atoms. The minimum atomic E-state index is 0.942. The largest absolute Gasteiger partial charge is 0.0848 e. The van der Waals surface area contributed by atoms with Gasteiger partial charge in [-0.25, -0.2) is 0 Å². The molecule has 2 aliphatic rings. The minimum Gasteiger partial charge on any atom is -0.0848 e. The van der Waals surface area contributed by atoms with Crippen molar-refractivity contribution >= 4 is 0 Å². The van der Waals surface area contributed by atoms with Gasteiger partial charge in [0.1, 0.15) is 0 Å². The Labute approximate surface area is 76.1 Å². The molecule has 0 aromatic carbocycles. The topological polar surface area (TPSA) is 0 Å². The van der Waals surface area contributed by atoms with Crippen LogP contribution in [0.1, 0.15) is 39.5 Å². The van der Waals surface area contributed by atoms with Gasteiger partial charge in [0.15, 0.2) is 0 Å². The predicted octanol–water partition coefficient (Wildman–Crippen LogP) is 3.63. The molecule has 1 fully saturated rings. The molecule has 0 heteroatoms. The highest BCUT2D eigenvalue weighted by Gasteiger charge is 2.40. The van der Waals surface area contributed by atoms with Crippen LogP contribution in [0.15, 0.2) is 12.2 Å². The van der Waals surface area contributed by atoms with Crippen LogP contribution in [-0.2, 0) is 0 Å². The Balaban J connectivity index is 1.94. The number of hydrogen-bond acceptors (Lipinski definition) is 0. The molecule has 0 aromatic rings. The number of unbranched alkanes of at least 4 members (excludes halogenated alkanes) is 1. The number of allylic oxidation sites excluding steroid dienone is 2. The summed E-state index contributed by atoms with van der Waals surface area (Å²) in [4.78, 5) is 0. The first-order chi connectivity index (χ1) is 5.83. The van der Waals surface area contributed by atoms with Crippen LogP contribution in [0.3, 0.4) is 0 Å². The minimum absolute atomic E-state index is 0.942. The Hall–Kier alpha value is -0.260. The van der Waals surface area contributed by atoms with Crippen LogP contribution in [0.25, 0.3) is 0 Å². The van der Waals surface area contributed by atoms with E-state index in [9.17, 15) is 0 Å². The maximum absolute atomic E-state index is 2.48. The maximum atomic E-state index is 2.48. The van der Waals surface area contributed by atoms with Crippen LogP contribution in [0.5, 0.6) is 0 Å². The average Bonchev–Trinajstić information content (AvgIpc) is 2.62. The first-order valence-electron chi connectivity index (χ1n) is 5.51. The van der Waals surface area contributed by atoms with Crippen molar-refractivity contribution in [2.24, 2.45) is 23.7 Å². The van der Waals surface area contributed by atoms with E-state index in [2.05, 4.69) is 26.0 Å². The highest BCUT2D eigenvalue weighted by molar-refractivity contribution is 5.12. The quantitative estimate of drug-likeness (QED) is 0.559. The first-order valence-corrected chi connectivity index (χ1v) is 5.51. The molecule has 68 valence electrons. The van der Waals surface area contributed by atoms with Gasteiger partial charge in [-0.2, -0.15) is 0 Å². The third-order valence-electron chi connectivity index (χ3n) is 3.94. The van der Waals surface area contributed by atoms with Crippen LogP contribution < -0.4 is 0 Å². The summed E-state index contributed by atoms with van der Waals surface area (Å²) in [7, 11) is 0. The molecule has 4 atom stereocenters. The lowest BCUT2D eigenvalue weighted by Gasteiger charge is -2.24. The second-order valence-corrected chi connectivity index (χ2v) is 4.61. The van der Waals surface area contributed by atoms with E-state index < -0.39 is 0 Å². The van der Waals surface area contributed by atoms with Crippen molar-refractivity contribution in [1.82, 2.24) is 0 Å². The molecule has 0 aliphatic heterocycles. The fourth-order valence-electron chi connectivity index (χ4n) is 3.09. The van der Waals surface area contributed by atoms with E-state index in [-0.39, 0.29) is 0 Å². The Kier molecular flexibility index (Phi) is 2.25. The van der Waals surface area contributed by atoms with Gasteiger partial charge in [-0.1, -0.05) is 38.8 Å². The van der Waals surface area contributed by atoms with E-state index >= 15 is 0 Å². The van der Waals surface area contributed by atoms with Gasteiger partial charge < -0.3 is 0 Å². The summed E-state index contributed by atoms with van der Waals surface area (Å²) >= 11 is 0. The Morgan fingerprint density at radius 1 is 1.25 bits per heavy atom. The molecule has 2 rings (SSSR count). The smallest absolute Gasteiger partial charge is 0.0197 e. The van der Waals surface area contributed by atoms with Crippen molar-refractivity contribution in [2.75, 3.05) is 0 Å². The highest BCUT2D eigenvalue weighted by atomic mass is 14.5. The molecule has 0 radical (unpaired) electrons. The third-order valence-corrected chi connectivity index (χ3v) is 3.94. The molecule has 2 aliphatic carbocycles. The molecular weight excluding hydrogens is 144 g/mol. The zero-order valence-corrected chi connectivity index (χ0v) is 8.29. The van der Waals surface area contributed by atoms with Crippen LogP contribution in [0.2, 0.25) is 0 Å². The lowest BCUT2D eigenvalue weighted by atomic mass is 9.81. The number of rotatable bonds is 3. The van der Waals surface area contributed by atoms with Gasteiger partial charge in [-0.05, 0) is 36.5 Å². The predicted molar refractivity (Wildman–Crippen MR) is 52.9 cm³/mol. The van der Waals surface area contributed by atoms with Gasteiger partial charge in [0.05, 0.1) is 0 Å². The monoisotopic (exact) mass is 164 g/mol. The molecule has 0 N–H and O–H groups in total. The first kappa shape index (κ1) is 8.34. The Morgan fingerprint density at radius 3 is 2.58 bits per heavy atom. The number of fused-ring (bicyclic) bond motifs is 2. The van der Waals surface area contributed by atoms with Crippen LogP contribution in [0.4, 0.5) is 0 Å². The molecule has 0 saturated heterocycles. The van der Waals surface area contributed by atoms with Crippen molar-refractivity contribution in [3.63, 3.8) is 0 Å². The second kappa shape index (κ2) is 3.24. The molecule has 0 nitrogen and oxygen atoms in total. The summed E-state index contributed by atoms with van der Waals surface area (Å²) in [6, 6.07) is 0. The van der Waals surface area contributed by atoms with E-state index in [1.54, 1.807) is 0 Å². The van der Waals surface area contributed by atoms with E-state index in [0.29, 0.717) is 0 Å². The zero-order chi connectivity index (χ0) is 8.55. The van der Waals surface area contributed by atoms with Gasteiger partial charge in [-0.3, -0.25) is 0 Å². The molecule has 12 heavy (non-hydrogen) atoms. The summed E-state index contributed by atoms with van der Waals surface area (Å²) < 4.78 is 0. The van der Waals surface area contributed by atoms with Crippen LogP contribution in [-0.4, -0.2) is 0 Å². The Morgan fingerprint density at radius 2 is 2.00 bits per heavy atom. The molecule has 0 spiro atoms. The van der Waals surface area contributed by atoms with Crippen LogP contribution >= 0.6 is 0 Å². The summed E-state index contributed by atoms with van der Waals surface area (Å²) in [6.07, 6.45) is 10.7. The SMILES string of the molecule is CCCCC1C2C=CC(C2)C1C. The highest BCUT2D eigenvalue weighted by Crippen LogP contribution is 2.49. The van der Waals surface area contributed by atoms with E-state index in [1.165, 1.54) is 25.7 Å². The lowest BCUT2D eigenvalue weighted by Crippen LogP contribution is -2.16. The van der Waals surface area contributed by atoms with Gasteiger partial charge in [0.2, 0.25) is 0 Å². The van der Waals surface area contributed by atoms with Crippen LogP contribution in [0, 0.1) is 23.7 Å². The fourth-order valence-corrected chi connectivity index (χ4v) is 3.09. The molecule has 4 unspecified atom stereocenters. The lowest BCUT2D eigenvalue weighted by molar-refractivity contribution is 0.307. The van der Waals surface area contributed by atoms with E-state index in [0.717, 1.165) is 23.7 Å². The average molecular weight is 164 g/mol. The fraction of sp³-hybridized carbons (Fsp3) is 0.833. The van der Waals surface area contributed by atoms with Crippen molar-refractivity contribution in [3.05, 3.63) is 12.2 Å². The van der Waals surface area contributed by atoms with Crippen molar-refractivity contribution < 1.29 is 0 Å². The van der Waals surface area contributed by atoms with Gasteiger partial charge in [0, 0.05) is 0 Å². The summed E-state index contributed by atoms with van der Waals surface area (Å²) in [5.74, 6) is 3.90. The maximum Gasteiger partial charge on any atom is -0.0197 e. The van der Waals surface area contributed by atoms with Gasteiger partial charge >= 0.3 is 0 Å². The molecular formula is C12H20. The summed E-state index contributed by atoms with van der Waals surface area (Å²) in [5.41, 5.74) is 0. The number of hydrogen-bond donors (Lipinski definition) is 0. The van der Waals surface area contributed by atoms with E-state index in [1.807, 2.05) is 0 Å². The molecule has 1 saturated carbocycles. The summed E-state index contributed by atoms with van der Waals surface area (Å²) in [6.45, 7) is 4.75. The Bertz CT molecular complexity index is 180. The standard InChI is InChI=1S/C12H20/c1-3-4-5-12-9(2)10-6-7-11(12)8-10/h6-7,9-12H,3-5,8H2,1-2H3. The van der Waals surface area contributed by atoms with E-state index in [4.69, 9.17) is 0 Å². The normalized spacial score (nSPS) is 44.2. The van der Waals surface area contributed by atoms with Crippen molar-refractivity contribution in [3.8, 4) is 0 Å². The third kappa shape index (κ3) is 1.22. The van der Waals surface area contributed by atoms with Gasteiger partial charge in [0.25, 0.3) is 0 Å². The molecule has 0 amide bonds. The van der Waals surface area contributed by atoms with Crippen molar-refractivity contribution in [2.45, 2.75) is 39.5 Å². The molecule has 0 heterocycles. The van der Waals surface area contributed by atoms with Gasteiger partial charge in [-0.15, -0.1) is 0 Å².